The first-order chi connectivity index (χ1) is 8.10. The molecule has 3 N–H and O–H groups in total. The number of carboxylic acid groups (broad SMARTS) is 1. The van der Waals surface area contributed by atoms with Crippen molar-refractivity contribution < 1.29 is 24.1 Å². The van der Waals surface area contributed by atoms with Crippen molar-refractivity contribution in [2.24, 2.45) is 0 Å². The molecule has 1 heterocycles. The molecule has 0 bridgehead atoms. The van der Waals surface area contributed by atoms with E-state index in [1.54, 1.807) is 27.7 Å². The van der Waals surface area contributed by atoms with Crippen LogP contribution < -0.4 is 5.09 Å². The Balaban J connectivity index is 2.94. The average Bonchev–Trinajstić information content (AvgIpc) is 2.50. The summed E-state index contributed by atoms with van der Waals surface area (Å²) in [6, 6.07) is -0.728. The fraction of sp³-hybridized carbons (Fsp3) is 0.818. The summed E-state index contributed by atoms with van der Waals surface area (Å²) in [6.45, 7) is 7.21. The van der Waals surface area contributed by atoms with Gasteiger partial charge in [0.05, 0.1) is 0 Å². The van der Waals surface area contributed by atoms with Crippen molar-refractivity contribution in [2.45, 2.75) is 57.9 Å². The van der Waals surface area contributed by atoms with Crippen LogP contribution in [0.4, 0.5) is 0 Å². The fourth-order valence-corrected chi connectivity index (χ4v) is 5.83. The third-order valence-electron chi connectivity index (χ3n) is 3.62. The van der Waals surface area contributed by atoms with Gasteiger partial charge < -0.3 is 0 Å². The van der Waals surface area contributed by atoms with Gasteiger partial charge in [-0.2, -0.15) is 0 Å². The van der Waals surface area contributed by atoms with Crippen molar-refractivity contribution in [3.63, 3.8) is 0 Å². The topological polar surface area (TPSA) is 95.9 Å². The van der Waals surface area contributed by atoms with Crippen LogP contribution in [-0.2, 0) is 14.1 Å². The van der Waals surface area contributed by atoms with Crippen LogP contribution in [0.15, 0.2) is 0 Å². The zero-order chi connectivity index (χ0) is 14.2. The van der Waals surface area contributed by atoms with E-state index in [1.165, 1.54) is 0 Å². The normalized spacial score (nSPS) is 27.8. The van der Waals surface area contributed by atoms with Gasteiger partial charge >= 0.3 is 106 Å². The molecule has 1 fully saturated rings. The maximum absolute atomic E-state index is 11.8. The number of rotatable bonds is 5. The Morgan fingerprint density at radius 2 is 1.89 bits per heavy atom. The van der Waals surface area contributed by atoms with Crippen molar-refractivity contribution in [3.05, 3.63) is 0 Å². The molecule has 0 aromatic rings. The first kappa shape index (κ1) is 15.3. The second-order valence-electron chi connectivity index (χ2n) is 5.33. The van der Waals surface area contributed by atoms with Gasteiger partial charge in [-0.15, -0.1) is 0 Å². The minimum atomic E-state index is -3.76. The van der Waals surface area contributed by atoms with Crippen molar-refractivity contribution in [3.8, 4) is 0 Å². The van der Waals surface area contributed by atoms with Crippen molar-refractivity contribution >= 4 is 19.1 Å². The summed E-state index contributed by atoms with van der Waals surface area (Å²) in [5, 5.41) is 11.6. The average molecular weight is 279 g/mol. The summed E-state index contributed by atoms with van der Waals surface area (Å²) in [4.78, 5) is 33.3. The summed E-state index contributed by atoms with van der Waals surface area (Å²) < 4.78 is 5.35. The molecule has 1 aliphatic rings. The van der Waals surface area contributed by atoms with Gasteiger partial charge in [-0.1, -0.05) is 0 Å². The Hall–Kier alpha value is -0.710. The van der Waals surface area contributed by atoms with Crippen molar-refractivity contribution in [2.75, 3.05) is 0 Å². The molecule has 0 aromatic carbocycles. The molecular formula is C11H22NO5P. The van der Waals surface area contributed by atoms with Gasteiger partial charge in [0, 0.05) is 0 Å². The van der Waals surface area contributed by atoms with Gasteiger partial charge in [-0.3, -0.25) is 0 Å². The molecule has 1 rings (SSSR count). The van der Waals surface area contributed by atoms with Crippen LogP contribution in [0, 0.1) is 0 Å². The van der Waals surface area contributed by atoms with Crippen LogP contribution in [0.25, 0.3) is 0 Å². The Morgan fingerprint density at radius 1 is 1.39 bits per heavy atom. The van der Waals surface area contributed by atoms with Gasteiger partial charge in [-0.25, -0.2) is 0 Å². The van der Waals surface area contributed by atoms with Gasteiger partial charge in [-0.05, 0) is 0 Å². The van der Waals surface area contributed by atoms with E-state index in [2.05, 4.69) is 5.09 Å². The minimum absolute atomic E-state index is 0.130. The van der Waals surface area contributed by atoms with E-state index >= 15 is 0 Å². The molecule has 1 unspecified atom stereocenters. The second-order valence-corrected chi connectivity index (χ2v) is 10.1. The van der Waals surface area contributed by atoms with Crippen molar-refractivity contribution in [1.29, 1.82) is 0 Å². The second kappa shape index (κ2) is 4.76. The standard InChI is InChI=1S/C11H22NO5P/c1-7(2)18(16,8(3)4)12-9(11(15)17-18)5-6-10(13)14/h7-9,12,16H,5-6H2,1-4H3,(H,13,14). The third kappa shape index (κ3) is 2.37. The SMILES string of the molecule is CC(C)P1(O)(C(C)C)NC(CCC(=O)O)C(=O)O1. The number of nitrogens with one attached hydrogen (secondary N) is 1. The molecule has 1 saturated heterocycles. The molecule has 0 aromatic heterocycles. The molecule has 0 aliphatic carbocycles. The Kier molecular flexibility index (Phi) is 4.06. The summed E-state index contributed by atoms with van der Waals surface area (Å²) in [5.41, 5.74) is -0.454. The van der Waals surface area contributed by atoms with E-state index in [4.69, 9.17) is 9.63 Å². The van der Waals surface area contributed by atoms with Crippen molar-refractivity contribution in [1.82, 2.24) is 5.09 Å². The van der Waals surface area contributed by atoms with E-state index in [0.29, 0.717) is 0 Å². The maximum atomic E-state index is 11.8. The van der Waals surface area contributed by atoms with E-state index in [0.717, 1.165) is 0 Å². The Morgan fingerprint density at radius 3 is 2.22 bits per heavy atom. The van der Waals surface area contributed by atoms with Crippen LogP contribution >= 0.6 is 7.21 Å². The number of carboxylic acids is 1. The Labute approximate surface area is 107 Å². The van der Waals surface area contributed by atoms with Gasteiger partial charge in [0.25, 0.3) is 0 Å². The quantitative estimate of drug-likeness (QED) is 0.660. The molecule has 6 nitrogen and oxygen atoms in total. The molecular weight excluding hydrogens is 257 g/mol. The number of hydrogen-bond donors (Lipinski definition) is 3. The first-order valence-electron chi connectivity index (χ1n) is 6.11. The number of hydrogen-bond acceptors (Lipinski definition) is 5. The Bertz CT molecular complexity index is 360. The van der Waals surface area contributed by atoms with Crippen LogP contribution in [0.5, 0.6) is 0 Å². The summed E-state index contributed by atoms with van der Waals surface area (Å²) in [6.07, 6.45) is 0.00151. The summed E-state index contributed by atoms with van der Waals surface area (Å²) in [7, 11) is -3.76. The number of carbonyl (C=O) groups excluding carboxylic acids is 1. The predicted molar refractivity (Wildman–Crippen MR) is 69.3 cm³/mol. The molecule has 0 saturated carbocycles. The number of aliphatic carboxylic acids is 1. The zero-order valence-electron chi connectivity index (χ0n) is 11.2. The van der Waals surface area contributed by atoms with Crippen LogP contribution in [0.3, 0.4) is 0 Å². The first-order valence-corrected chi connectivity index (χ1v) is 8.35. The van der Waals surface area contributed by atoms with Crippen LogP contribution in [0.2, 0.25) is 0 Å². The molecule has 18 heavy (non-hydrogen) atoms. The van der Waals surface area contributed by atoms with Crippen LogP contribution in [0.1, 0.15) is 40.5 Å². The number of carbonyl (C=O) groups is 2. The van der Waals surface area contributed by atoms with E-state index in [-0.39, 0.29) is 24.2 Å². The van der Waals surface area contributed by atoms with E-state index < -0.39 is 25.2 Å². The molecule has 0 amide bonds. The van der Waals surface area contributed by atoms with E-state index in [9.17, 15) is 14.5 Å². The monoisotopic (exact) mass is 279 g/mol. The van der Waals surface area contributed by atoms with Crippen LogP contribution in [-0.4, -0.2) is 39.3 Å². The van der Waals surface area contributed by atoms with Gasteiger partial charge in [0.15, 0.2) is 0 Å². The van der Waals surface area contributed by atoms with Gasteiger partial charge in [0.1, 0.15) is 0 Å². The zero-order valence-corrected chi connectivity index (χ0v) is 12.1. The molecule has 7 heteroatoms. The van der Waals surface area contributed by atoms with E-state index in [1.807, 2.05) is 0 Å². The van der Waals surface area contributed by atoms with Gasteiger partial charge in [0.2, 0.25) is 0 Å². The molecule has 106 valence electrons. The third-order valence-corrected chi connectivity index (χ3v) is 9.01. The summed E-state index contributed by atoms with van der Waals surface area (Å²) >= 11 is 0. The predicted octanol–water partition coefficient (Wildman–Crippen LogP) is 1.47. The molecule has 0 spiro atoms. The molecule has 1 atom stereocenters. The molecule has 1 aliphatic heterocycles. The summed E-state index contributed by atoms with van der Waals surface area (Å²) in [5.74, 6) is -1.51. The molecule has 0 radical (unpaired) electrons. The fourth-order valence-electron chi connectivity index (χ4n) is 2.20.